The maximum absolute atomic E-state index is 12.5. The first-order valence-corrected chi connectivity index (χ1v) is 11.3. The topological polar surface area (TPSA) is 37.3 Å². The first-order chi connectivity index (χ1) is 8.20. The molecule has 0 spiro atoms. The monoisotopic (exact) mass is 284 g/mol. The number of rotatable bonds is 5. The summed E-state index contributed by atoms with van der Waals surface area (Å²) in [5.74, 6) is 0. The van der Waals surface area contributed by atoms with Gasteiger partial charge in [-0.2, -0.15) is 0 Å². The molecule has 0 aliphatic rings. The van der Waals surface area contributed by atoms with Crippen molar-refractivity contribution in [2.75, 3.05) is 0 Å². The smallest absolute Gasteiger partial charge is 0.0656 e. The summed E-state index contributed by atoms with van der Waals surface area (Å²) in [5.41, 5.74) is 1.16. The third-order valence-electron chi connectivity index (χ3n) is 2.88. The van der Waals surface area contributed by atoms with E-state index in [9.17, 15) is 9.32 Å². The molecule has 0 saturated heterocycles. The van der Waals surface area contributed by atoms with Crippen LogP contribution in [0, 0.1) is 6.92 Å². The van der Waals surface area contributed by atoms with E-state index in [1.165, 1.54) is 0 Å². The molecule has 1 N–H and O–H groups in total. The molecule has 1 aromatic rings. The van der Waals surface area contributed by atoms with E-state index in [0.717, 1.165) is 16.5 Å². The molecule has 0 amide bonds. The van der Waals surface area contributed by atoms with E-state index in [2.05, 4.69) is 19.6 Å². The van der Waals surface area contributed by atoms with Gasteiger partial charge in [-0.1, -0.05) is 37.3 Å². The van der Waals surface area contributed by atoms with Gasteiger partial charge in [-0.3, -0.25) is 4.21 Å². The summed E-state index contributed by atoms with van der Waals surface area (Å²) in [6, 6.07) is 8.64. The van der Waals surface area contributed by atoms with Crippen LogP contribution in [0.15, 0.2) is 29.2 Å². The van der Waals surface area contributed by atoms with Crippen molar-refractivity contribution in [3.8, 4) is 0 Å². The van der Waals surface area contributed by atoms with Crippen LogP contribution in [0.2, 0.25) is 25.7 Å². The highest BCUT2D eigenvalue weighted by Gasteiger charge is 2.29. The lowest BCUT2D eigenvalue weighted by molar-refractivity contribution is 0.194. The average molecular weight is 284 g/mol. The lowest BCUT2D eigenvalue weighted by Crippen LogP contribution is -2.36. The summed E-state index contributed by atoms with van der Waals surface area (Å²) in [4.78, 5) is 0.824. The second-order valence-corrected chi connectivity index (χ2v) is 13.4. The van der Waals surface area contributed by atoms with Gasteiger partial charge in [0.2, 0.25) is 0 Å². The standard InChI is InChI=1S/C14H24O2SSi/c1-11-6-8-13(9-7-11)17(16)14(12(2)15)10-18(3,4)5/h6-9,12,14-15H,10H2,1-5H3/t12-,14+,17+/m1/s1. The molecule has 18 heavy (non-hydrogen) atoms. The number of hydrogen-bond acceptors (Lipinski definition) is 2. The zero-order valence-corrected chi connectivity index (χ0v) is 13.8. The predicted octanol–water partition coefficient (Wildman–Crippen LogP) is 3.19. The van der Waals surface area contributed by atoms with Crippen LogP contribution in [0.5, 0.6) is 0 Å². The Morgan fingerprint density at radius 2 is 1.72 bits per heavy atom. The molecule has 0 unspecified atom stereocenters. The van der Waals surface area contributed by atoms with Crippen LogP contribution in [-0.2, 0) is 10.8 Å². The van der Waals surface area contributed by atoms with Gasteiger partial charge in [0.15, 0.2) is 0 Å². The minimum Gasteiger partial charge on any atom is -0.392 e. The highest BCUT2D eigenvalue weighted by molar-refractivity contribution is 7.85. The molecule has 0 radical (unpaired) electrons. The Hall–Kier alpha value is -0.453. The van der Waals surface area contributed by atoms with Crippen LogP contribution in [0.25, 0.3) is 0 Å². The normalized spacial score (nSPS) is 17.2. The molecular weight excluding hydrogens is 260 g/mol. The van der Waals surface area contributed by atoms with Crippen molar-refractivity contribution in [3.05, 3.63) is 29.8 Å². The highest BCUT2D eigenvalue weighted by atomic mass is 32.2. The summed E-state index contributed by atoms with van der Waals surface area (Å²) in [7, 11) is -2.46. The van der Waals surface area contributed by atoms with Crippen LogP contribution in [0.3, 0.4) is 0 Å². The molecule has 0 saturated carbocycles. The van der Waals surface area contributed by atoms with Crippen molar-refractivity contribution >= 4 is 18.9 Å². The number of aliphatic hydroxyl groups excluding tert-OH is 1. The minimum absolute atomic E-state index is 0.153. The zero-order chi connectivity index (χ0) is 13.9. The number of hydrogen-bond donors (Lipinski definition) is 1. The van der Waals surface area contributed by atoms with E-state index in [0.29, 0.717) is 0 Å². The summed E-state index contributed by atoms with van der Waals surface area (Å²) in [5, 5.41) is 9.74. The Balaban J connectivity index is 2.93. The number of benzene rings is 1. The van der Waals surface area contributed by atoms with Crippen molar-refractivity contribution in [1.82, 2.24) is 0 Å². The largest absolute Gasteiger partial charge is 0.392 e. The second-order valence-electron chi connectivity index (χ2n) is 6.15. The molecule has 2 nitrogen and oxygen atoms in total. The molecule has 102 valence electrons. The third-order valence-corrected chi connectivity index (χ3v) is 6.69. The Bertz CT molecular complexity index is 407. The SMILES string of the molecule is Cc1ccc([S@](=O)[C@@H](C[Si](C)(C)C)[C@@H](C)O)cc1. The Morgan fingerprint density at radius 1 is 1.22 bits per heavy atom. The molecule has 0 aliphatic carbocycles. The molecule has 0 bridgehead atoms. The van der Waals surface area contributed by atoms with Crippen LogP contribution >= 0.6 is 0 Å². The van der Waals surface area contributed by atoms with Crippen molar-refractivity contribution in [2.24, 2.45) is 0 Å². The Labute approximate surface area is 114 Å². The van der Waals surface area contributed by atoms with Gasteiger partial charge in [-0.25, -0.2) is 0 Å². The van der Waals surface area contributed by atoms with Gasteiger partial charge in [0.25, 0.3) is 0 Å². The second kappa shape index (κ2) is 6.13. The summed E-state index contributed by atoms with van der Waals surface area (Å²) in [6.07, 6.45) is -0.529. The Kier molecular flexibility index (Phi) is 5.31. The van der Waals surface area contributed by atoms with Gasteiger partial charge in [0.05, 0.1) is 22.2 Å². The van der Waals surface area contributed by atoms with Crippen molar-refractivity contribution < 1.29 is 9.32 Å². The molecule has 0 aliphatic heterocycles. The van der Waals surface area contributed by atoms with E-state index >= 15 is 0 Å². The van der Waals surface area contributed by atoms with Crippen LogP contribution in [0.1, 0.15) is 12.5 Å². The quantitative estimate of drug-likeness (QED) is 0.843. The van der Waals surface area contributed by atoms with Crippen LogP contribution < -0.4 is 0 Å². The average Bonchev–Trinajstić information content (AvgIpc) is 2.24. The first kappa shape index (κ1) is 15.6. The molecule has 0 fully saturated rings. The molecular formula is C14H24O2SSi. The first-order valence-electron chi connectivity index (χ1n) is 6.36. The molecule has 0 aromatic heterocycles. The lowest BCUT2D eigenvalue weighted by Gasteiger charge is -2.26. The predicted molar refractivity (Wildman–Crippen MR) is 81.2 cm³/mol. The number of aryl methyl sites for hydroxylation is 1. The van der Waals surface area contributed by atoms with E-state index in [4.69, 9.17) is 0 Å². The van der Waals surface area contributed by atoms with Crippen LogP contribution in [-0.4, -0.2) is 28.7 Å². The minimum atomic E-state index is -1.34. The molecule has 4 heteroatoms. The maximum Gasteiger partial charge on any atom is 0.0656 e. The fraction of sp³-hybridized carbons (Fsp3) is 0.571. The fourth-order valence-electron chi connectivity index (χ4n) is 1.88. The van der Waals surface area contributed by atoms with E-state index < -0.39 is 25.0 Å². The highest BCUT2D eigenvalue weighted by Crippen LogP contribution is 2.23. The van der Waals surface area contributed by atoms with Gasteiger partial charge in [0.1, 0.15) is 0 Å². The van der Waals surface area contributed by atoms with E-state index in [-0.39, 0.29) is 5.25 Å². The van der Waals surface area contributed by atoms with Gasteiger partial charge < -0.3 is 5.11 Å². The summed E-state index contributed by atoms with van der Waals surface area (Å²) in [6.45, 7) is 10.5. The summed E-state index contributed by atoms with van der Waals surface area (Å²) < 4.78 is 12.5. The zero-order valence-electron chi connectivity index (χ0n) is 11.9. The molecule has 0 heterocycles. The molecule has 1 aromatic carbocycles. The summed E-state index contributed by atoms with van der Waals surface area (Å²) >= 11 is 0. The van der Waals surface area contributed by atoms with E-state index in [1.54, 1.807) is 6.92 Å². The van der Waals surface area contributed by atoms with Gasteiger partial charge in [-0.05, 0) is 32.0 Å². The van der Waals surface area contributed by atoms with Gasteiger partial charge in [-0.15, -0.1) is 0 Å². The van der Waals surface area contributed by atoms with Crippen LogP contribution in [0.4, 0.5) is 0 Å². The third kappa shape index (κ3) is 4.67. The van der Waals surface area contributed by atoms with Crippen molar-refractivity contribution in [2.45, 2.75) is 55.8 Å². The van der Waals surface area contributed by atoms with Gasteiger partial charge >= 0.3 is 0 Å². The molecule has 1 rings (SSSR count). The Morgan fingerprint density at radius 3 is 2.11 bits per heavy atom. The fourth-order valence-corrected chi connectivity index (χ4v) is 6.64. The van der Waals surface area contributed by atoms with Crippen molar-refractivity contribution in [3.63, 3.8) is 0 Å². The van der Waals surface area contributed by atoms with E-state index in [1.807, 2.05) is 31.2 Å². The molecule has 3 atom stereocenters. The van der Waals surface area contributed by atoms with Gasteiger partial charge in [0, 0.05) is 13.0 Å². The lowest BCUT2D eigenvalue weighted by atomic mass is 10.2. The maximum atomic E-state index is 12.5. The van der Waals surface area contributed by atoms with Crippen molar-refractivity contribution in [1.29, 1.82) is 0 Å². The number of aliphatic hydroxyl groups is 1.